The molecular weight excluding hydrogens is 446 g/mol. The summed E-state index contributed by atoms with van der Waals surface area (Å²) in [5.41, 5.74) is 0.326. The van der Waals surface area contributed by atoms with Crippen LogP contribution < -0.4 is 14.8 Å². The Labute approximate surface area is 190 Å². The third-order valence-electron chi connectivity index (χ3n) is 4.94. The van der Waals surface area contributed by atoms with E-state index in [9.17, 15) is 23.6 Å². The van der Waals surface area contributed by atoms with Crippen molar-refractivity contribution in [2.75, 3.05) is 0 Å². The highest BCUT2D eigenvalue weighted by molar-refractivity contribution is 7.07. The second-order valence-electron chi connectivity index (χ2n) is 7.23. The molecule has 0 saturated heterocycles. The van der Waals surface area contributed by atoms with Crippen LogP contribution in [0.15, 0.2) is 59.7 Å². The van der Waals surface area contributed by atoms with Crippen molar-refractivity contribution in [3.8, 4) is 11.8 Å². The third-order valence-corrected chi connectivity index (χ3v) is 6.03. The highest BCUT2D eigenvalue weighted by atomic mass is 32.1. The van der Waals surface area contributed by atoms with Crippen LogP contribution in [0.4, 0.5) is 8.78 Å². The molecule has 2 aromatic heterocycles. The van der Waals surface area contributed by atoms with Crippen molar-refractivity contribution in [2.45, 2.75) is 6.92 Å². The standard InChI is InChI=1S/C24H16F2N4O2S/c1-14-5-3-4-6-17(14)22(31)18(11-27)24-30(20-8-7-16(25)10-19(20)26)23(32)21(33-24)9-15-12-28-29(2)13-15/h3-10,12-13H,1-2H3. The molecule has 0 amide bonds. The van der Waals surface area contributed by atoms with Gasteiger partial charge < -0.3 is 0 Å². The molecule has 0 aliphatic heterocycles. The van der Waals surface area contributed by atoms with Gasteiger partial charge in [-0.15, -0.1) is 11.3 Å². The number of hydrogen-bond donors (Lipinski definition) is 0. The van der Waals surface area contributed by atoms with E-state index >= 15 is 0 Å². The molecule has 0 N–H and O–H groups in total. The fourth-order valence-electron chi connectivity index (χ4n) is 3.36. The Hall–Kier alpha value is -4.16. The number of carbonyl (C=O) groups is 1. The zero-order valence-electron chi connectivity index (χ0n) is 17.5. The largest absolute Gasteiger partial charge is 0.288 e. The number of aromatic nitrogens is 3. The van der Waals surface area contributed by atoms with Gasteiger partial charge in [-0.1, -0.05) is 24.3 Å². The van der Waals surface area contributed by atoms with Crippen LogP contribution in [0.3, 0.4) is 0 Å². The van der Waals surface area contributed by atoms with Gasteiger partial charge >= 0.3 is 0 Å². The Morgan fingerprint density at radius 2 is 1.97 bits per heavy atom. The summed E-state index contributed by atoms with van der Waals surface area (Å²) in [6.07, 6.45) is 4.75. The van der Waals surface area contributed by atoms with Crippen molar-refractivity contribution in [1.82, 2.24) is 14.3 Å². The van der Waals surface area contributed by atoms with Crippen molar-refractivity contribution in [2.24, 2.45) is 7.05 Å². The van der Waals surface area contributed by atoms with E-state index in [0.717, 1.165) is 28.0 Å². The van der Waals surface area contributed by atoms with Gasteiger partial charge in [-0.2, -0.15) is 10.4 Å². The average molecular weight is 462 g/mol. The summed E-state index contributed by atoms with van der Waals surface area (Å²) in [5.74, 6) is -2.41. The fourth-order valence-corrected chi connectivity index (χ4v) is 4.45. The first-order chi connectivity index (χ1) is 15.8. The van der Waals surface area contributed by atoms with Gasteiger partial charge in [-0.3, -0.25) is 18.8 Å². The van der Waals surface area contributed by atoms with Gasteiger partial charge in [0.15, 0.2) is 0 Å². The predicted octanol–water partition coefficient (Wildman–Crippen LogP) is 2.61. The summed E-state index contributed by atoms with van der Waals surface area (Å²) >= 11 is 0.877. The molecule has 0 aliphatic rings. The molecule has 33 heavy (non-hydrogen) atoms. The Bertz CT molecular complexity index is 1620. The van der Waals surface area contributed by atoms with Crippen LogP contribution in [0.25, 0.3) is 17.3 Å². The van der Waals surface area contributed by atoms with Gasteiger partial charge in [-0.05, 0) is 30.7 Å². The maximum Gasteiger partial charge on any atom is 0.273 e. The van der Waals surface area contributed by atoms with E-state index in [1.54, 1.807) is 49.1 Å². The molecule has 0 bridgehead atoms. The summed E-state index contributed by atoms with van der Waals surface area (Å²) in [4.78, 5) is 26.6. The first kappa shape index (κ1) is 22.0. The Balaban J connectivity index is 2.10. The number of carbonyl (C=O) groups excluding carboxylic acids is 1. The lowest BCUT2D eigenvalue weighted by Gasteiger charge is -2.06. The normalized spacial score (nSPS) is 12.5. The number of nitriles is 1. The number of rotatable bonds is 4. The van der Waals surface area contributed by atoms with Crippen LogP contribution in [-0.2, 0) is 7.05 Å². The Morgan fingerprint density at radius 1 is 1.21 bits per heavy atom. The van der Waals surface area contributed by atoms with Crippen molar-refractivity contribution in [3.05, 3.63) is 103 Å². The minimum absolute atomic E-state index is 0.0450. The third kappa shape index (κ3) is 4.16. The lowest BCUT2D eigenvalue weighted by molar-refractivity contribution is 0.105. The topological polar surface area (TPSA) is 80.7 Å². The molecule has 0 atom stereocenters. The highest BCUT2D eigenvalue weighted by Gasteiger charge is 2.21. The molecule has 6 nitrogen and oxygen atoms in total. The Morgan fingerprint density at radius 3 is 2.61 bits per heavy atom. The lowest BCUT2D eigenvalue weighted by Crippen LogP contribution is -2.32. The predicted molar refractivity (Wildman–Crippen MR) is 120 cm³/mol. The first-order valence-corrected chi connectivity index (χ1v) is 10.5. The van der Waals surface area contributed by atoms with E-state index < -0.39 is 23.0 Å². The van der Waals surface area contributed by atoms with E-state index in [2.05, 4.69) is 5.10 Å². The number of benzene rings is 2. The number of nitrogens with zero attached hydrogens (tertiary/aromatic N) is 4. The number of aryl methyl sites for hydroxylation is 2. The minimum Gasteiger partial charge on any atom is -0.288 e. The first-order valence-electron chi connectivity index (χ1n) is 9.72. The molecular formula is C24H16F2N4O2S. The molecule has 0 spiro atoms. The molecule has 0 radical (unpaired) electrons. The Kier molecular flexibility index (Phi) is 5.85. The fraction of sp³-hybridized carbons (Fsp3) is 0.0833. The minimum atomic E-state index is -0.996. The van der Waals surface area contributed by atoms with Crippen molar-refractivity contribution in [1.29, 1.82) is 5.26 Å². The molecule has 2 aromatic carbocycles. The second kappa shape index (κ2) is 8.76. The SMILES string of the molecule is Cc1ccccc1C(=O)C(C#N)=c1sc(=Cc2cnn(C)c2)c(=O)n1-c1ccc(F)cc1F. The van der Waals surface area contributed by atoms with Crippen LogP contribution in [0, 0.1) is 29.9 Å². The van der Waals surface area contributed by atoms with Crippen molar-refractivity contribution < 1.29 is 13.6 Å². The zero-order valence-corrected chi connectivity index (χ0v) is 18.4. The van der Waals surface area contributed by atoms with E-state index in [1.165, 1.54) is 12.3 Å². The molecule has 0 aliphatic carbocycles. The molecule has 9 heteroatoms. The average Bonchev–Trinajstić information content (AvgIpc) is 3.32. The number of halogens is 2. The summed E-state index contributed by atoms with van der Waals surface area (Å²) in [6.45, 7) is 1.73. The van der Waals surface area contributed by atoms with Crippen LogP contribution >= 0.6 is 11.3 Å². The van der Waals surface area contributed by atoms with Gasteiger partial charge in [0.2, 0.25) is 5.78 Å². The van der Waals surface area contributed by atoms with Gasteiger partial charge in [0.25, 0.3) is 5.56 Å². The van der Waals surface area contributed by atoms with Gasteiger partial charge in [0.05, 0.1) is 16.4 Å². The number of ketones is 1. The van der Waals surface area contributed by atoms with E-state index in [0.29, 0.717) is 22.8 Å². The molecule has 2 heterocycles. The van der Waals surface area contributed by atoms with Gasteiger partial charge in [0.1, 0.15) is 27.9 Å². The lowest BCUT2D eigenvalue weighted by atomic mass is 10.0. The van der Waals surface area contributed by atoms with Crippen LogP contribution in [0.1, 0.15) is 21.5 Å². The monoisotopic (exact) mass is 462 g/mol. The van der Waals surface area contributed by atoms with Crippen LogP contribution in [0.5, 0.6) is 0 Å². The molecule has 0 saturated carbocycles. The number of thiazole rings is 1. The summed E-state index contributed by atoms with van der Waals surface area (Å²) in [5, 5.41) is 13.9. The van der Waals surface area contributed by atoms with Crippen molar-refractivity contribution in [3.63, 3.8) is 0 Å². The maximum absolute atomic E-state index is 14.7. The summed E-state index contributed by atoms with van der Waals surface area (Å²) in [7, 11) is 1.71. The molecule has 164 valence electrons. The quantitative estimate of drug-likeness (QED) is 0.437. The maximum atomic E-state index is 14.7. The zero-order chi connectivity index (χ0) is 23.7. The molecule has 4 aromatic rings. The summed E-state index contributed by atoms with van der Waals surface area (Å²) < 4.78 is 30.8. The van der Waals surface area contributed by atoms with Crippen molar-refractivity contribution >= 4 is 28.8 Å². The number of hydrogen-bond acceptors (Lipinski definition) is 5. The number of Topliss-reactive ketones (excluding diaryl/α,β-unsaturated/α-hetero) is 1. The summed E-state index contributed by atoms with van der Waals surface area (Å²) in [6, 6.07) is 11.4. The van der Waals surface area contributed by atoms with E-state index in [4.69, 9.17) is 0 Å². The second-order valence-corrected chi connectivity index (χ2v) is 8.26. The molecule has 0 unspecified atom stereocenters. The van der Waals surface area contributed by atoms with Gasteiger partial charge in [0, 0.05) is 30.4 Å². The van der Waals surface area contributed by atoms with Gasteiger partial charge in [-0.25, -0.2) is 8.78 Å². The molecule has 0 fully saturated rings. The van der Waals surface area contributed by atoms with E-state index in [1.807, 2.05) is 6.07 Å². The van der Waals surface area contributed by atoms with E-state index in [-0.39, 0.29) is 20.5 Å². The van der Waals surface area contributed by atoms with Crippen LogP contribution in [0.2, 0.25) is 0 Å². The molecule has 4 rings (SSSR count). The van der Waals surface area contributed by atoms with Crippen LogP contribution in [-0.4, -0.2) is 20.1 Å². The highest BCUT2D eigenvalue weighted by Crippen LogP contribution is 2.15. The smallest absolute Gasteiger partial charge is 0.273 e.